The lowest BCUT2D eigenvalue weighted by Crippen LogP contribution is -2.22. The summed E-state index contributed by atoms with van der Waals surface area (Å²) in [7, 11) is -4.65. The largest absolute Gasteiger partial charge is 0.469 e. The molecule has 204 valence electrons. The van der Waals surface area contributed by atoms with Crippen molar-refractivity contribution in [3.63, 3.8) is 0 Å². The molecule has 10 nitrogen and oxygen atoms in total. The highest BCUT2D eigenvalue weighted by Gasteiger charge is 2.19. The zero-order chi connectivity index (χ0) is 27.0. The predicted octanol–water partition coefficient (Wildman–Crippen LogP) is 5.24. The van der Waals surface area contributed by atoms with Crippen molar-refractivity contribution in [1.82, 2.24) is 14.9 Å². The Balaban J connectivity index is 2.76. The van der Waals surface area contributed by atoms with Gasteiger partial charge in [-0.2, -0.15) is 0 Å². The summed E-state index contributed by atoms with van der Waals surface area (Å²) in [4.78, 5) is 52.6. The standard InChI is InChI=1S/C24H41N4O6PS/c1-4-5-6-7-8-9-10-11-12-13-23(30)36-22(14-15-34-35(31,32)33)19(2)28(18-29)17-21-16-26-20(3)27-24(21)25/h16,18H,4-15,17H2,1-3H3,(H2,25,26,27)(H2,31,32,33)/b22-19-. The molecule has 12 heteroatoms. The van der Waals surface area contributed by atoms with E-state index in [2.05, 4.69) is 21.4 Å². The lowest BCUT2D eigenvalue weighted by atomic mass is 10.1. The summed E-state index contributed by atoms with van der Waals surface area (Å²) in [5.74, 6) is 0.761. The lowest BCUT2D eigenvalue weighted by Gasteiger charge is -2.22. The van der Waals surface area contributed by atoms with Crippen molar-refractivity contribution in [3.05, 3.63) is 28.2 Å². The minimum Gasteiger partial charge on any atom is -0.383 e. The maximum atomic E-state index is 12.7. The Labute approximate surface area is 218 Å². The highest BCUT2D eigenvalue weighted by molar-refractivity contribution is 8.16. The van der Waals surface area contributed by atoms with Gasteiger partial charge in [-0.3, -0.25) is 14.1 Å². The number of carbonyl (C=O) groups excluding carboxylic acids is 2. The number of phosphoric acid groups is 1. The van der Waals surface area contributed by atoms with E-state index in [-0.39, 0.29) is 30.5 Å². The van der Waals surface area contributed by atoms with Crippen LogP contribution in [0.3, 0.4) is 0 Å². The average molecular weight is 545 g/mol. The summed E-state index contributed by atoms with van der Waals surface area (Å²) in [6.45, 7) is 5.38. The smallest absolute Gasteiger partial charge is 0.383 e. The van der Waals surface area contributed by atoms with Gasteiger partial charge in [0.25, 0.3) is 0 Å². The molecule has 1 aromatic rings. The van der Waals surface area contributed by atoms with Gasteiger partial charge in [0.05, 0.1) is 13.2 Å². The lowest BCUT2D eigenvalue weighted by molar-refractivity contribution is -0.117. The molecule has 0 aromatic carbocycles. The van der Waals surface area contributed by atoms with Gasteiger partial charge in [0, 0.05) is 35.2 Å². The number of nitrogens with two attached hydrogens (primary N) is 1. The highest BCUT2D eigenvalue weighted by atomic mass is 32.2. The van der Waals surface area contributed by atoms with Crippen LogP contribution in [0.2, 0.25) is 0 Å². The third kappa shape index (κ3) is 14.1. The number of unbranched alkanes of at least 4 members (excludes halogenated alkanes) is 8. The average Bonchev–Trinajstić information content (AvgIpc) is 2.80. The number of phosphoric ester groups is 1. The van der Waals surface area contributed by atoms with Gasteiger partial charge >= 0.3 is 7.82 Å². The number of nitrogen functional groups attached to an aromatic ring is 1. The number of hydrogen-bond donors (Lipinski definition) is 3. The van der Waals surface area contributed by atoms with Gasteiger partial charge in [0.2, 0.25) is 6.41 Å². The number of nitrogens with zero attached hydrogens (tertiary/aromatic N) is 3. The molecule has 1 rings (SSSR count). The molecule has 0 atom stereocenters. The first-order valence-electron chi connectivity index (χ1n) is 12.5. The molecule has 0 aliphatic rings. The second-order valence-corrected chi connectivity index (χ2v) is 11.1. The molecule has 0 bridgehead atoms. The number of carbonyl (C=O) groups is 2. The number of aryl methyl sites for hydroxylation is 1. The fraction of sp³-hybridized carbons (Fsp3) is 0.667. The third-order valence-corrected chi connectivity index (χ3v) is 7.33. The molecule has 0 fully saturated rings. The summed E-state index contributed by atoms with van der Waals surface area (Å²) in [6.07, 6.45) is 12.9. The first-order valence-corrected chi connectivity index (χ1v) is 14.8. The Morgan fingerprint density at radius 2 is 1.75 bits per heavy atom. The molecule has 1 aromatic heterocycles. The van der Waals surface area contributed by atoms with E-state index in [0.717, 1.165) is 31.0 Å². The quantitative estimate of drug-likeness (QED) is 0.120. The van der Waals surface area contributed by atoms with Gasteiger partial charge in [-0.05, 0) is 20.3 Å². The van der Waals surface area contributed by atoms with Gasteiger partial charge in [-0.1, -0.05) is 70.1 Å². The van der Waals surface area contributed by atoms with Crippen LogP contribution in [0.15, 0.2) is 16.8 Å². The van der Waals surface area contributed by atoms with Crippen LogP contribution >= 0.6 is 19.6 Å². The molecule has 4 N–H and O–H groups in total. The summed E-state index contributed by atoms with van der Waals surface area (Å²) < 4.78 is 15.7. The topological polar surface area (TPSA) is 156 Å². The molecule has 0 saturated heterocycles. The number of thioether (sulfide) groups is 1. The molecule has 36 heavy (non-hydrogen) atoms. The zero-order valence-corrected chi connectivity index (χ0v) is 23.4. The molecule has 0 spiro atoms. The highest BCUT2D eigenvalue weighted by Crippen LogP contribution is 2.37. The second kappa shape index (κ2) is 17.6. The van der Waals surface area contributed by atoms with E-state index in [1.807, 2.05) is 0 Å². The van der Waals surface area contributed by atoms with Crippen molar-refractivity contribution >= 4 is 36.9 Å². The predicted molar refractivity (Wildman–Crippen MR) is 143 cm³/mol. The number of allylic oxidation sites excluding steroid dienone is 1. The van der Waals surface area contributed by atoms with Crippen LogP contribution in [0.1, 0.15) is 95.9 Å². The Bertz CT molecular complexity index is 909. The number of aromatic nitrogens is 2. The minimum atomic E-state index is -4.65. The monoisotopic (exact) mass is 544 g/mol. The van der Waals surface area contributed by atoms with E-state index in [4.69, 9.17) is 15.5 Å². The zero-order valence-electron chi connectivity index (χ0n) is 21.6. The van der Waals surface area contributed by atoms with Crippen LogP contribution in [-0.4, -0.2) is 42.8 Å². The second-order valence-electron chi connectivity index (χ2n) is 8.70. The van der Waals surface area contributed by atoms with E-state index in [0.29, 0.717) is 34.8 Å². The normalized spacial score (nSPS) is 12.4. The molecule has 1 heterocycles. The third-order valence-electron chi connectivity index (χ3n) is 5.63. The number of hydrogen-bond acceptors (Lipinski definition) is 8. The van der Waals surface area contributed by atoms with Gasteiger partial charge in [-0.25, -0.2) is 14.5 Å². The molecule has 1 amide bonds. The number of anilines is 1. The fourth-order valence-corrected chi connectivity index (χ4v) is 4.85. The van der Waals surface area contributed by atoms with E-state index in [9.17, 15) is 14.2 Å². The van der Waals surface area contributed by atoms with E-state index < -0.39 is 7.82 Å². The Morgan fingerprint density at radius 1 is 1.14 bits per heavy atom. The van der Waals surface area contributed by atoms with Gasteiger partial charge < -0.3 is 20.4 Å². The number of rotatable bonds is 19. The SMILES string of the molecule is CCCCCCCCCCCC(=O)S/C(CCOP(=O)(O)O)=C(/C)N(C=O)Cc1cnc(C)nc1N. The van der Waals surface area contributed by atoms with Crippen molar-refractivity contribution < 1.29 is 28.5 Å². The summed E-state index contributed by atoms with van der Waals surface area (Å²) >= 11 is 0.986. The van der Waals surface area contributed by atoms with Crippen LogP contribution < -0.4 is 5.73 Å². The molecular weight excluding hydrogens is 503 g/mol. The summed E-state index contributed by atoms with van der Waals surface area (Å²) in [6, 6.07) is 0. The Morgan fingerprint density at radius 3 is 2.31 bits per heavy atom. The van der Waals surface area contributed by atoms with Gasteiger partial charge in [-0.15, -0.1) is 0 Å². The fourth-order valence-electron chi connectivity index (χ4n) is 3.54. The molecule has 0 saturated carbocycles. The van der Waals surface area contributed by atoms with E-state index in [1.165, 1.54) is 43.4 Å². The van der Waals surface area contributed by atoms with Crippen molar-refractivity contribution in [2.45, 2.75) is 97.9 Å². The van der Waals surface area contributed by atoms with Crippen LogP contribution in [0, 0.1) is 6.92 Å². The first-order chi connectivity index (χ1) is 17.1. The molecular formula is C24H41N4O6PS. The summed E-state index contributed by atoms with van der Waals surface area (Å²) in [5.41, 5.74) is 6.98. The molecule has 0 aliphatic carbocycles. The maximum Gasteiger partial charge on any atom is 0.469 e. The van der Waals surface area contributed by atoms with E-state index in [1.54, 1.807) is 20.0 Å². The van der Waals surface area contributed by atoms with Gasteiger partial charge in [0.15, 0.2) is 5.12 Å². The Kier molecular flexibility index (Phi) is 15.8. The first kappa shape index (κ1) is 32.2. The molecule has 0 unspecified atom stereocenters. The molecule has 0 radical (unpaired) electrons. The van der Waals surface area contributed by atoms with Crippen molar-refractivity contribution in [2.24, 2.45) is 0 Å². The van der Waals surface area contributed by atoms with E-state index >= 15 is 0 Å². The van der Waals surface area contributed by atoms with Crippen molar-refractivity contribution in [1.29, 1.82) is 0 Å². The summed E-state index contributed by atoms with van der Waals surface area (Å²) in [5, 5.41) is -0.0625. The Hall–Kier alpha value is -1.78. The van der Waals surface area contributed by atoms with Crippen LogP contribution in [0.4, 0.5) is 5.82 Å². The van der Waals surface area contributed by atoms with Crippen molar-refractivity contribution in [2.75, 3.05) is 12.3 Å². The number of amides is 1. The van der Waals surface area contributed by atoms with Crippen LogP contribution in [0.25, 0.3) is 0 Å². The maximum absolute atomic E-state index is 12.7. The van der Waals surface area contributed by atoms with Crippen LogP contribution in [0.5, 0.6) is 0 Å². The van der Waals surface area contributed by atoms with Gasteiger partial charge in [0.1, 0.15) is 11.6 Å². The van der Waals surface area contributed by atoms with Crippen molar-refractivity contribution in [3.8, 4) is 0 Å². The van der Waals surface area contributed by atoms with Crippen LogP contribution in [-0.2, 0) is 25.2 Å². The minimum absolute atomic E-state index is 0.0625. The molecule has 0 aliphatic heterocycles.